The number of aromatic nitrogens is 6. The van der Waals surface area contributed by atoms with Crippen molar-refractivity contribution in [2.45, 2.75) is 13.0 Å². The Balaban J connectivity index is 1.43. The highest BCUT2D eigenvalue weighted by Gasteiger charge is 2.14. The molecule has 0 aliphatic heterocycles. The zero-order valence-electron chi connectivity index (χ0n) is 16.8. The number of nitrogens with one attached hydrogen (secondary N) is 2. The number of amides is 1. The third-order valence-electron chi connectivity index (χ3n) is 4.58. The highest BCUT2D eigenvalue weighted by atomic mass is 16.5. The first-order valence-corrected chi connectivity index (χ1v) is 9.36. The van der Waals surface area contributed by atoms with Crippen molar-refractivity contribution >= 4 is 22.8 Å². The van der Waals surface area contributed by atoms with E-state index in [4.69, 9.17) is 9.47 Å². The fourth-order valence-corrected chi connectivity index (χ4v) is 3.00. The number of anilines is 1. The van der Waals surface area contributed by atoms with Crippen molar-refractivity contribution in [3.63, 3.8) is 0 Å². The van der Waals surface area contributed by atoms with Gasteiger partial charge in [-0.05, 0) is 24.3 Å². The van der Waals surface area contributed by atoms with E-state index >= 15 is 0 Å². The average molecular weight is 421 g/mol. The van der Waals surface area contributed by atoms with Gasteiger partial charge in [-0.25, -0.2) is 4.68 Å². The first kappa shape index (κ1) is 20.0. The molecule has 158 valence electrons. The summed E-state index contributed by atoms with van der Waals surface area (Å²) in [4.78, 5) is 29.0. The smallest absolute Gasteiger partial charge is 0.277 e. The molecule has 2 heterocycles. The number of nitrogens with zero attached hydrogens (tertiary/aromatic N) is 5. The third kappa shape index (κ3) is 4.20. The Morgan fingerprint density at radius 2 is 2.00 bits per heavy atom. The van der Waals surface area contributed by atoms with Gasteiger partial charge in [0.25, 0.3) is 5.56 Å². The van der Waals surface area contributed by atoms with Crippen LogP contribution < -0.4 is 20.3 Å². The molecule has 1 amide bonds. The summed E-state index contributed by atoms with van der Waals surface area (Å²) < 4.78 is 11.7. The van der Waals surface area contributed by atoms with E-state index in [9.17, 15) is 9.59 Å². The van der Waals surface area contributed by atoms with Gasteiger partial charge >= 0.3 is 0 Å². The van der Waals surface area contributed by atoms with Crippen LogP contribution >= 0.6 is 0 Å². The van der Waals surface area contributed by atoms with Crippen molar-refractivity contribution in [3.8, 4) is 22.9 Å². The first-order valence-electron chi connectivity index (χ1n) is 9.36. The van der Waals surface area contributed by atoms with Crippen LogP contribution in [-0.4, -0.2) is 50.3 Å². The number of ether oxygens (including phenoxy) is 2. The Bertz CT molecular complexity index is 1300. The molecule has 0 spiro atoms. The Morgan fingerprint density at radius 1 is 1.16 bits per heavy atom. The van der Waals surface area contributed by atoms with Gasteiger partial charge in [0, 0.05) is 12.5 Å². The maximum Gasteiger partial charge on any atom is 0.277 e. The molecule has 2 aromatic carbocycles. The summed E-state index contributed by atoms with van der Waals surface area (Å²) in [6, 6.07) is 12.2. The molecule has 0 radical (unpaired) electrons. The van der Waals surface area contributed by atoms with Crippen LogP contribution in [0.25, 0.3) is 22.3 Å². The van der Waals surface area contributed by atoms with Crippen LogP contribution in [0.2, 0.25) is 0 Å². The van der Waals surface area contributed by atoms with E-state index in [0.717, 1.165) is 4.68 Å². The summed E-state index contributed by atoms with van der Waals surface area (Å²) in [7, 11) is 3.10. The second-order valence-corrected chi connectivity index (χ2v) is 6.51. The monoisotopic (exact) mass is 421 g/mol. The van der Waals surface area contributed by atoms with E-state index in [0.29, 0.717) is 33.8 Å². The van der Waals surface area contributed by atoms with Crippen molar-refractivity contribution in [2.24, 2.45) is 0 Å². The normalized spacial score (nSPS) is 10.8. The van der Waals surface area contributed by atoms with E-state index in [-0.39, 0.29) is 30.4 Å². The number of hydrogen-bond acceptors (Lipinski definition) is 8. The fraction of sp³-hybridized carbons (Fsp3) is 0.200. The minimum absolute atomic E-state index is 0.00264. The van der Waals surface area contributed by atoms with Gasteiger partial charge in [0.2, 0.25) is 11.9 Å². The summed E-state index contributed by atoms with van der Waals surface area (Å²) >= 11 is 0. The molecule has 2 N–H and O–H groups in total. The molecule has 4 rings (SSSR count). The van der Waals surface area contributed by atoms with Gasteiger partial charge in [0.1, 0.15) is 17.0 Å². The number of aromatic amines is 1. The molecule has 0 saturated carbocycles. The van der Waals surface area contributed by atoms with Gasteiger partial charge in [-0.15, -0.1) is 10.2 Å². The lowest BCUT2D eigenvalue weighted by atomic mass is 10.2. The van der Waals surface area contributed by atoms with E-state index in [1.54, 1.807) is 49.6 Å². The molecule has 0 bridgehead atoms. The fourth-order valence-electron chi connectivity index (χ4n) is 3.00. The average Bonchev–Trinajstić information content (AvgIpc) is 3.26. The van der Waals surface area contributed by atoms with Crippen molar-refractivity contribution in [1.29, 1.82) is 0 Å². The number of carbonyl (C=O) groups is 1. The number of fused-ring (bicyclic) bond motifs is 1. The third-order valence-corrected chi connectivity index (χ3v) is 4.58. The number of aryl methyl sites for hydroxylation is 1. The predicted octanol–water partition coefficient (Wildman–Crippen LogP) is 1.62. The Labute approximate surface area is 176 Å². The van der Waals surface area contributed by atoms with Crippen LogP contribution in [0, 0.1) is 0 Å². The summed E-state index contributed by atoms with van der Waals surface area (Å²) in [5.74, 6) is 1.35. The summed E-state index contributed by atoms with van der Waals surface area (Å²) in [5.41, 5.74) is 0.870. The number of carbonyl (C=O) groups excluding carboxylic acids is 1. The highest BCUT2D eigenvalue weighted by Crippen LogP contribution is 2.31. The summed E-state index contributed by atoms with van der Waals surface area (Å²) in [5, 5.41) is 17.7. The number of rotatable bonds is 7. The van der Waals surface area contributed by atoms with Crippen LogP contribution in [0.15, 0.2) is 47.3 Å². The van der Waals surface area contributed by atoms with Crippen molar-refractivity contribution in [3.05, 3.63) is 52.8 Å². The largest absolute Gasteiger partial charge is 0.497 e. The van der Waals surface area contributed by atoms with E-state index in [1.165, 1.54) is 7.11 Å². The standard InChI is InChI=1S/C20H19N7O4/c1-30-12-7-8-14(16(11-12)31-2)18-22-20(25-24-18)21-17(28)9-10-27-19(29)13-5-3-4-6-15(13)23-26-27/h3-8,11H,9-10H2,1-2H3,(H2,21,22,24,25,28). The molecule has 31 heavy (non-hydrogen) atoms. The van der Waals surface area contributed by atoms with Gasteiger partial charge in [-0.3, -0.25) is 20.0 Å². The van der Waals surface area contributed by atoms with Crippen LogP contribution in [-0.2, 0) is 11.3 Å². The molecule has 0 fully saturated rings. The molecule has 4 aromatic rings. The summed E-state index contributed by atoms with van der Waals surface area (Å²) in [6.07, 6.45) is 0.00264. The van der Waals surface area contributed by atoms with Gasteiger partial charge < -0.3 is 9.47 Å². The molecule has 11 heteroatoms. The van der Waals surface area contributed by atoms with Crippen LogP contribution in [0.4, 0.5) is 5.95 Å². The first-order chi connectivity index (χ1) is 15.1. The van der Waals surface area contributed by atoms with Crippen molar-refractivity contribution < 1.29 is 14.3 Å². The molecular weight excluding hydrogens is 402 g/mol. The van der Waals surface area contributed by atoms with E-state index < -0.39 is 0 Å². The molecule has 0 aliphatic carbocycles. The number of H-pyrrole nitrogens is 1. The quantitative estimate of drug-likeness (QED) is 0.459. The summed E-state index contributed by atoms with van der Waals surface area (Å²) in [6.45, 7) is 0.0755. The van der Waals surface area contributed by atoms with Crippen LogP contribution in [0.1, 0.15) is 6.42 Å². The highest BCUT2D eigenvalue weighted by molar-refractivity contribution is 5.89. The molecular formula is C20H19N7O4. The number of hydrogen-bond donors (Lipinski definition) is 2. The topological polar surface area (TPSA) is 137 Å². The molecule has 0 atom stereocenters. The second-order valence-electron chi connectivity index (χ2n) is 6.51. The molecule has 2 aromatic heterocycles. The number of methoxy groups -OCH3 is 2. The predicted molar refractivity (Wildman–Crippen MR) is 112 cm³/mol. The van der Waals surface area contributed by atoms with E-state index in [2.05, 4.69) is 30.8 Å². The van der Waals surface area contributed by atoms with Gasteiger partial charge in [-0.2, -0.15) is 4.98 Å². The number of benzene rings is 2. The molecule has 0 unspecified atom stereocenters. The lowest BCUT2D eigenvalue weighted by Gasteiger charge is -2.07. The van der Waals surface area contributed by atoms with Crippen LogP contribution in [0.3, 0.4) is 0 Å². The molecule has 0 aliphatic rings. The SMILES string of the molecule is COc1ccc(-c2nc(NC(=O)CCn3nnc4ccccc4c3=O)n[nH]2)c(OC)c1. The lowest BCUT2D eigenvalue weighted by Crippen LogP contribution is -2.26. The Hall–Kier alpha value is -4.28. The maximum absolute atomic E-state index is 12.4. The molecule has 11 nitrogen and oxygen atoms in total. The molecule has 0 saturated heterocycles. The van der Waals surface area contributed by atoms with Gasteiger partial charge in [-0.1, -0.05) is 17.3 Å². The Kier molecular flexibility index (Phi) is 5.56. The second kappa shape index (κ2) is 8.61. The zero-order chi connectivity index (χ0) is 21.8. The van der Waals surface area contributed by atoms with E-state index in [1.807, 2.05) is 0 Å². The van der Waals surface area contributed by atoms with Crippen LogP contribution in [0.5, 0.6) is 11.5 Å². The van der Waals surface area contributed by atoms with Crippen molar-refractivity contribution in [2.75, 3.05) is 19.5 Å². The minimum Gasteiger partial charge on any atom is -0.497 e. The zero-order valence-corrected chi connectivity index (χ0v) is 16.8. The lowest BCUT2D eigenvalue weighted by molar-refractivity contribution is -0.116. The Morgan fingerprint density at radius 3 is 2.81 bits per heavy atom. The van der Waals surface area contributed by atoms with Crippen molar-refractivity contribution in [1.82, 2.24) is 30.2 Å². The maximum atomic E-state index is 12.4. The van der Waals surface area contributed by atoms with Gasteiger partial charge in [0.05, 0.1) is 31.7 Å². The minimum atomic E-state index is -0.367. The van der Waals surface area contributed by atoms with Gasteiger partial charge in [0.15, 0.2) is 5.82 Å².